The van der Waals surface area contributed by atoms with Crippen molar-refractivity contribution in [3.63, 3.8) is 0 Å². The Morgan fingerprint density at radius 1 is 1.39 bits per heavy atom. The summed E-state index contributed by atoms with van der Waals surface area (Å²) in [5.41, 5.74) is 5.36. The SMILES string of the molecule is CC(C)(Sc1ccc(Br)cc1)C(=O)NCCN.Cl. The fraction of sp³-hybridized carbons (Fsp3) is 0.417. The van der Waals surface area contributed by atoms with Crippen LogP contribution in [0.3, 0.4) is 0 Å². The minimum absolute atomic E-state index is 0. The van der Waals surface area contributed by atoms with Gasteiger partial charge in [-0.2, -0.15) is 0 Å². The Hall–Kier alpha value is -0.230. The monoisotopic (exact) mass is 352 g/mol. The Kier molecular flexibility index (Phi) is 7.94. The third kappa shape index (κ3) is 5.61. The van der Waals surface area contributed by atoms with Crippen LogP contribution < -0.4 is 11.1 Å². The lowest BCUT2D eigenvalue weighted by Gasteiger charge is -2.22. The van der Waals surface area contributed by atoms with Crippen LogP contribution in [0.2, 0.25) is 0 Å². The van der Waals surface area contributed by atoms with Gasteiger partial charge in [0.25, 0.3) is 0 Å². The van der Waals surface area contributed by atoms with E-state index in [0.29, 0.717) is 13.1 Å². The normalized spacial score (nSPS) is 10.7. The summed E-state index contributed by atoms with van der Waals surface area (Å²) in [4.78, 5) is 13.0. The van der Waals surface area contributed by atoms with Gasteiger partial charge in [0.15, 0.2) is 0 Å². The summed E-state index contributed by atoms with van der Waals surface area (Å²) < 4.78 is 0.537. The van der Waals surface area contributed by atoms with Crippen LogP contribution in [-0.4, -0.2) is 23.7 Å². The van der Waals surface area contributed by atoms with Crippen molar-refractivity contribution < 1.29 is 4.79 Å². The zero-order valence-corrected chi connectivity index (χ0v) is 13.6. The van der Waals surface area contributed by atoms with Crippen molar-refractivity contribution in [2.24, 2.45) is 5.73 Å². The zero-order valence-electron chi connectivity index (χ0n) is 10.4. The van der Waals surface area contributed by atoms with E-state index < -0.39 is 4.75 Å². The number of amides is 1. The molecule has 0 saturated heterocycles. The molecule has 1 amide bonds. The second-order valence-electron chi connectivity index (χ2n) is 4.11. The minimum Gasteiger partial charge on any atom is -0.354 e. The lowest BCUT2D eigenvalue weighted by atomic mass is 10.2. The maximum atomic E-state index is 11.9. The van der Waals surface area contributed by atoms with E-state index in [1.165, 1.54) is 11.8 Å². The number of halogens is 2. The Balaban J connectivity index is 0.00000289. The molecule has 0 bridgehead atoms. The van der Waals surface area contributed by atoms with Crippen LogP contribution in [0.4, 0.5) is 0 Å². The van der Waals surface area contributed by atoms with Crippen molar-refractivity contribution >= 4 is 46.0 Å². The molecule has 0 fully saturated rings. The first-order valence-electron chi connectivity index (χ1n) is 5.38. The van der Waals surface area contributed by atoms with Gasteiger partial charge in [-0.3, -0.25) is 4.79 Å². The van der Waals surface area contributed by atoms with Crippen LogP contribution in [0.5, 0.6) is 0 Å². The maximum absolute atomic E-state index is 11.9. The van der Waals surface area contributed by atoms with E-state index in [0.717, 1.165) is 9.37 Å². The van der Waals surface area contributed by atoms with Gasteiger partial charge in [-0.05, 0) is 38.1 Å². The highest BCUT2D eigenvalue weighted by atomic mass is 79.9. The molecule has 6 heteroatoms. The second kappa shape index (κ2) is 8.04. The summed E-state index contributed by atoms with van der Waals surface area (Å²) >= 11 is 4.93. The van der Waals surface area contributed by atoms with Crippen molar-refractivity contribution in [1.82, 2.24) is 5.32 Å². The Bertz CT molecular complexity index is 384. The molecule has 0 aliphatic rings. The van der Waals surface area contributed by atoms with E-state index in [9.17, 15) is 4.79 Å². The summed E-state index contributed by atoms with van der Waals surface area (Å²) in [5.74, 6) is 0.0101. The van der Waals surface area contributed by atoms with Crippen LogP contribution >= 0.6 is 40.1 Å². The van der Waals surface area contributed by atoms with Crippen molar-refractivity contribution in [3.8, 4) is 0 Å². The van der Waals surface area contributed by atoms with Gasteiger partial charge < -0.3 is 11.1 Å². The molecule has 3 nitrogen and oxygen atoms in total. The average Bonchev–Trinajstić information content (AvgIpc) is 2.28. The quantitative estimate of drug-likeness (QED) is 0.800. The molecular formula is C12H18BrClN2OS. The fourth-order valence-electron chi connectivity index (χ4n) is 1.24. The largest absolute Gasteiger partial charge is 0.354 e. The molecule has 0 spiro atoms. The molecule has 0 unspecified atom stereocenters. The summed E-state index contributed by atoms with van der Waals surface area (Å²) in [7, 11) is 0. The van der Waals surface area contributed by atoms with E-state index in [1.807, 2.05) is 38.1 Å². The highest BCUT2D eigenvalue weighted by molar-refractivity contribution is 9.10. The topological polar surface area (TPSA) is 55.1 Å². The van der Waals surface area contributed by atoms with E-state index in [-0.39, 0.29) is 18.3 Å². The second-order valence-corrected chi connectivity index (χ2v) is 6.72. The minimum atomic E-state index is -0.497. The number of thioether (sulfide) groups is 1. The number of nitrogens with two attached hydrogens (primary N) is 1. The molecule has 1 rings (SSSR count). The maximum Gasteiger partial charge on any atom is 0.236 e. The molecule has 102 valence electrons. The number of carbonyl (C=O) groups excluding carboxylic acids is 1. The molecule has 18 heavy (non-hydrogen) atoms. The first-order valence-corrected chi connectivity index (χ1v) is 6.99. The molecule has 0 aliphatic carbocycles. The number of rotatable bonds is 5. The summed E-state index contributed by atoms with van der Waals surface area (Å²) in [6, 6.07) is 7.92. The Labute approximate surface area is 127 Å². The lowest BCUT2D eigenvalue weighted by Crippen LogP contribution is -2.41. The van der Waals surface area contributed by atoms with Gasteiger partial charge in [0.2, 0.25) is 5.91 Å². The van der Waals surface area contributed by atoms with Crippen LogP contribution in [0.1, 0.15) is 13.8 Å². The Morgan fingerprint density at radius 2 is 1.94 bits per heavy atom. The number of hydrogen-bond donors (Lipinski definition) is 2. The first-order chi connectivity index (χ1) is 7.95. The summed E-state index contributed by atoms with van der Waals surface area (Å²) in [6.07, 6.45) is 0. The summed E-state index contributed by atoms with van der Waals surface area (Å²) in [6.45, 7) is 4.80. The van der Waals surface area contributed by atoms with Gasteiger partial charge in [-0.1, -0.05) is 15.9 Å². The van der Waals surface area contributed by atoms with E-state index in [1.54, 1.807) is 0 Å². The third-order valence-corrected chi connectivity index (χ3v) is 3.90. The van der Waals surface area contributed by atoms with Crippen LogP contribution in [0.25, 0.3) is 0 Å². The van der Waals surface area contributed by atoms with E-state index in [2.05, 4.69) is 21.2 Å². The molecule has 1 aromatic carbocycles. The number of nitrogens with one attached hydrogen (secondary N) is 1. The van der Waals surface area contributed by atoms with Gasteiger partial charge in [-0.25, -0.2) is 0 Å². The standard InChI is InChI=1S/C12H17BrN2OS.ClH/c1-12(2,11(16)15-8-7-14)17-10-5-3-9(13)4-6-10;/h3-6H,7-8,14H2,1-2H3,(H,15,16);1H. The van der Waals surface area contributed by atoms with Gasteiger partial charge in [0.1, 0.15) is 0 Å². The van der Waals surface area contributed by atoms with E-state index >= 15 is 0 Å². The van der Waals surface area contributed by atoms with Gasteiger partial charge >= 0.3 is 0 Å². The van der Waals surface area contributed by atoms with Crippen LogP contribution in [0.15, 0.2) is 33.6 Å². The van der Waals surface area contributed by atoms with Gasteiger partial charge in [0, 0.05) is 22.5 Å². The highest BCUT2D eigenvalue weighted by Gasteiger charge is 2.28. The predicted octanol–water partition coefficient (Wildman–Crippen LogP) is 2.82. The molecule has 0 saturated carbocycles. The molecular weight excluding hydrogens is 336 g/mol. The number of benzene rings is 1. The number of hydrogen-bond acceptors (Lipinski definition) is 3. The number of carbonyl (C=O) groups is 1. The molecule has 0 heterocycles. The van der Waals surface area contributed by atoms with Crippen LogP contribution in [-0.2, 0) is 4.79 Å². The van der Waals surface area contributed by atoms with Crippen LogP contribution in [0, 0.1) is 0 Å². The third-order valence-electron chi connectivity index (χ3n) is 2.16. The van der Waals surface area contributed by atoms with E-state index in [4.69, 9.17) is 5.73 Å². The summed E-state index contributed by atoms with van der Waals surface area (Å²) in [5, 5.41) is 2.81. The smallest absolute Gasteiger partial charge is 0.236 e. The Morgan fingerprint density at radius 3 is 2.44 bits per heavy atom. The molecule has 0 aliphatic heterocycles. The highest BCUT2D eigenvalue weighted by Crippen LogP contribution is 2.33. The van der Waals surface area contributed by atoms with Crippen molar-refractivity contribution in [2.75, 3.05) is 13.1 Å². The molecule has 3 N–H and O–H groups in total. The fourth-order valence-corrected chi connectivity index (χ4v) is 2.53. The lowest BCUT2D eigenvalue weighted by molar-refractivity contribution is -0.122. The van der Waals surface area contributed by atoms with Crippen molar-refractivity contribution in [2.45, 2.75) is 23.5 Å². The van der Waals surface area contributed by atoms with Crippen molar-refractivity contribution in [3.05, 3.63) is 28.7 Å². The average molecular weight is 354 g/mol. The van der Waals surface area contributed by atoms with Crippen molar-refractivity contribution in [1.29, 1.82) is 0 Å². The molecule has 1 aromatic rings. The molecule has 0 aromatic heterocycles. The first kappa shape index (κ1) is 17.8. The van der Waals surface area contributed by atoms with Gasteiger partial charge in [0.05, 0.1) is 4.75 Å². The van der Waals surface area contributed by atoms with Gasteiger partial charge in [-0.15, -0.1) is 24.2 Å². The molecule has 0 radical (unpaired) electrons. The zero-order chi connectivity index (χ0) is 12.9. The predicted molar refractivity (Wildman–Crippen MR) is 83.4 cm³/mol. The molecule has 0 atom stereocenters.